The lowest BCUT2D eigenvalue weighted by Gasteiger charge is -2.38. The molecule has 0 aliphatic carbocycles. The van der Waals surface area contributed by atoms with Gasteiger partial charge in [0.25, 0.3) is 0 Å². The van der Waals surface area contributed by atoms with Gasteiger partial charge in [0, 0.05) is 25.4 Å². The molecule has 0 unspecified atom stereocenters. The molecule has 0 spiro atoms. The normalized spacial score (nSPS) is 23.3. The molecule has 0 aromatic heterocycles. The van der Waals surface area contributed by atoms with Crippen LogP contribution >= 0.6 is 0 Å². The van der Waals surface area contributed by atoms with Crippen molar-refractivity contribution in [2.24, 2.45) is 0 Å². The Morgan fingerprint density at radius 1 is 1.12 bits per heavy atom. The molecule has 2 aliphatic heterocycles. The number of nitrogens with zero attached hydrogens (tertiary/aromatic N) is 2. The summed E-state index contributed by atoms with van der Waals surface area (Å²) in [6, 6.07) is 6.72. The lowest BCUT2D eigenvalue weighted by Crippen LogP contribution is -2.44. The predicted molar refractivity (Wildman–Crippen MR) is 96.0 cm³/mol. The third-order valence-corrected chi connectivity index (χ3v) is 5.61. The number of β-amino-alcohol motifs (C(OH)–C–C–N with tert-alkyl or cyclic N) is 1. The Balaban J connectivity index is 1.70. The van der Waals surface area contributed by atoms with E-state index < -0.39 is 6.10 Å². The van der Waals surface area contributed by atoms with Crippen molar-refractivity contribution in [3.63, 3.8) is 0 Å². The van der Waals surface area contributed by atoms with Crippen molar-refractivity contribution >= 4 is 11.8 Å². The van der Waals surface area contributed by atoms with Gasteiger partial charge in [-0.2, -0.15) is 0 Å². The number of hydrogen-bond donors (Lipinski definition) is 1. The number of likely N-dealkylation sites (tertiary alicyclic amines) is 2. The number of hydrogen-bond acceptors (Lipinski definition) is 4. The highest BCUT2D eigenvalue weighted by molar-refractivity contribution is 6.01. The summed E-state index contributed by atoms with van der Waals surface area (Å²) in [5, 5.41) is 10.5. The van der Waals surface area contributed by atoms with Crippen LogP contribution in [0, 0.1) is 13.8 Å². The van der Waals surface area contributed by atoms with Crippen molar-refractivity contribution in [1.29, 1.82) is 0 Å². The molecule has 2 atom stereocenters. The smallest absolute Gasteiger partial charge is 0.229 e. The standard InChI is InChI=1S/C20H28N2O3/c1-14-6-5-7-17(15(14)2)18-8-3-4-11-21(18)12-16(23)13-22-19(24)9-10-20(22)25/h5-7,16,18,23H,3-4,8-13H2,1-2H3/t16-,18+/m1/s1. The fraction of sp³-hybridized carbons (Fsp3) is 0.600. The van der Waals surface area contributed by atoms with Crippen molar-refractivity contribution < 1.29 is 14.7 Å². The summed E-state index contributed by atoms with van der Waals surface area (Å²) < 4.78 is 0. The molecule has 5 nitrogen and oxygen atoms in total. The number of amides is 2. The number of piperidine rings is 1. The Morgan fingerprint density at radius 3 is 2.56 bits per heavy atom. The van der Waals surface area contributed by atoms with Gasteiger partial charge in [0.1, 0.15) is 0 Å². The van der Waals surface area contributed by atoms with E-state index in [4.69, 9.17) is 0 Å². The average Bonchev–Trinajstić information content (AvgIpc) is 2.90. The van der Waals surface area contributed by atoms with Crippen molar-refractivity contribution in [2.75, 3.05) is 19.6 Å². The minimum atomic E-state index is -0.697. The van der Waals surface area contributed by atoms with Gasteiger partial charge in [-0.3, -0.25) is 19.4 Å². The summed E-state index contributed by atoms with van der Waals surface area (Å²) >= 11 is 0. The van der Waals surface area contributed by atoms with Crippen LogP contribution in [0.3, 0.4) is 0 Å². The van der Waals surface area contributed by atoms with Crippen LogP contribution in [0.1, 0.15) is 54.8 Å². The van der Waals surface area contributed by atoms with Gasteiger partial charge in [0.15, 0.2) is 0 Å². The molecular formula is C20H28N2O3. The van der Waals surface area contributed by atoms with Crippen molar-refractivity contribution in [3.05, 3.63) is 34.9 Å². The first-order valence-corrected chi connectivity index (χ1v) is 9.29. The highest BCUT2D eigenvalue weighted by Crippen LogP contribution is 2.33. The van der Waals surface area contributed by atoms with E-state index in [2.05, 4.69) is 36.9 Å². The zero-order valence-electron chi connectivity index (χ0n) is 15.2. The van der Waals surface area contributed by atoms with Crippen molar-refractivity contribution in [1.82, 2.24) is 9.80 Å². The van der Waals surface area contributed by atoms with E-state index >= 15 is 0 Å². The molecule has 0 radical (unpaired) electrons. The van der Waals surface area contributed by atoms with Crippen molar-refractivity contribution in [2.45, 2.75) is 58.1 Å². The van der Waals surface area contributed by atoms with E-state index in [1.165, 1.54) is 28.0 Å². The summed E-state index contributed by atoms with van der Waals surface area (Å²) in [6.07, 6.45) is 3.25. The third kappa shape index (κ3) is 3.93. The topological polar surface area (TPSA) is 60.9 Å². The number of aliphatic hydroxyl groups is 1. The van der Waals surface area contributed by atoms with Crippen LogP contribution in [-0.4, -0.2) is 52.5 Å². The van der Waals surface area contributed by atoms with Gasteiger partial charge >= 0.3 is 0 Å². The molecule has 1 aromatic carbocycles. The average molecular weight is 344 g/mol. The largest absolute Gasteiger partial charge is 0.390 e. The quantitative estimate of drug-likeness (QED) is 0.833. The Morgan fingerprint density at radius 2 is 1.84 bits per heavy atom. The van der Waals surface area contributed by atoms with Crippen LogP contribution in [0.15, 0.2) is 18.2 Å². The summed E-state index contributed by atoms with van der Waals surface area (Å²) in [7, 11) is 0. The van der Waals surface area contributed by atoms with Crippen molar-refractivity contribution in [3.8, 4) is 0 Å². The number of carbonyl (C=O) groups excluding carboxylic acids is 2. The van der Waals surface area contributed by atoms with Gasteiger partial charge in [-0.15, -0.1) is 0 Å². The lowest BCUT2D eigenvalue weighted by atomic mass is 9.90. The molecule has 2 aliphatic rings. The second-order valence-corrected chi connectivity index (χ2v) is 7.35. The van der Waals surface area contributed by atoms with E-state index in [9.17, 15) is 14.7 Å². The minimum absolute atomic E-state index is 0.119. The summed E-state index contributed by atoms with van der Waals surface area (Å²) in [6.45, 7) is 5.85. The second kappa shape index (κ2) is 7.67. The molecule has 1 N–H and O–H groups in total. The van der Waals surface area contributed by atoms with Gasteiger partial charge in [-0.1, -0.05) is 24.6 Å². The Bertz CT molecular complexity index is 642. The van der Waals surface area contributed by atoms with Crippen LogP contribution in [-0.2, 0) is 9.59 Å². The fourth-order valence-corrected chi connectivity index (χ4v) is 4.06. The van der Waals surface area contributed by atoms with E-state index in [0.29, 0.717) is 12.6 Å². The van der Waals surface area contributed by atoms with E-state index in [0.717, 1.165) is 19.4 Å². The maximum atomic E-state index is 11.8. The maximum Gasteiger partial charge on any atom is 0.229 e. The highest BCUT2D eigenvalue weighted by atomic mass is 16.3. The van der Waals surface area contributed by atoms with Crippen LogP contribution < -0.4 is 0 Å². The molecule has 3 rings (SSSR count). The molecule has 2 heterocycles. The molecule has 25 heavy (non-hydrogen) atoms. The van der Waals surface area contributed by atoms with Crippen LogP contribution in [0.4, 0.5) is 0 Å². The first-order valence-electron chi connectivity index (χ1n) is 9.29. The molecule has 0 saturated carbocycles. The lowest BCUT2D eigenvalue weighted by molar-refractivity contribution is -0.140. The van der Waals surface area contributed by atoms with Gasteiger partial charge in [0.05, 0.1) is 12.6 Å². The summed E-state index contributed by atoms with van der Waals surface area (Å²) in [5.74, 6) is -0.317. The molecular weight excluding hydrogens is 316 g/mol. The van der Waals surface area contributed by atoms with Gasteiger partial charge in [-0.05, 0) is 49.9 Å². The van der Waals surface area contributed by atoms with E-state index in [1.807, 2.05) is 0 Å². The van der Waals surface area contributed by atoms with E-state index in [-0.39, 0.29) is 31.2 Å². The molecule has 2 fully saturated rings. The number of imide groups is 1. The Kier molecular flexibility index (Phi) is 5.54. The molecule has 1 aromatic rings. The number of aliphatic hydroxyl groups excluding tert-OH is 1. The number of benzene rings is 1. The zero-order chi connectivity index (χ0) is 18.0. The highest BCUT2D eigenvalue weighted by Gasteiger charge is 2.32. The Hall–Kier alpha value is -1.72. The van der Waals surface area contributed by atoms with Crippen LogP contribution in [0.5, 0.6) is 0 Å². The van der Waals surface area contributed by atoms with Gasteiger partial charge in [-0.25, -0.2) is 0 Å². The Labute approximate surface area is 149 Å². The second-order valence-electron chi connectivity index (χ2n) is 7.35. The molecule has 0 bridgehead atoms. The fourth-order valence-electron chi connectivity index (χ4n) is 4.06. The first-order chi connectivity index (χ1) is 12.0. The number of carbonyl (C=O) groups is 2. The molecule has 5 heteroatoms. The number of rotatable bonds is 5. The SMILES string of the molecule is Cc1cccc([C@@H]2CCCCN2C[C@@H](O)CN2C(=O)CCC2=O)c1C. The molecule has 2 saturated heterocycles. The predicted octanol–water partition coefficient (Wildman–Crippen LogP) is 2.34. The van der Waals surface area contributed by atoms with Gasteiger partial charge < -0.3 is 5.11 Å². The number of aryl methyl sites for hydroxylation is 1. The summed E-state index contributed by atoms with van der Waals surface area (Å²) in [5.41, 5.74) is 3.94. The van der Waals surface area contributed by atoms with E-state index in [1.54, 1.807) is 0 Å². The van der Waals surface area contributed by atoms with Gasteiger partial charge in [0.2, 0.25) is 11.8 Å². The first kappa shape index (κ1) is 18.1. The molecule has 2 amide bonds. The van der Waals surface area contributed by atoms with Crippen LogP contribution in [0.25, 0.3) is 0 Å². The maximum absolute atomic E-state index is 11.8. The summed E-state index contributed by atoms with van der Waals surface area (Å²) in [4.78, 5) is 27.1. The monoisotopic (exact) mass is 344 g/mol. The minimum Gasteiger partial charge on any atom is -0.390 e. The zero-order valence-corrected chi connectivity index (χ0v) is 15.2. The third-order valence-electron chi connectivity index (χ3n) is 5.61. The van der Waals surface area contributed by atoms with Crippen LogP contribution in [0.2, 0.25) is 0 Å². The molecule has 136 valence electrons.